The molecule has 0 amide bonds. The van der Waals surface area contributed by atoms with E-state index in [4.69, 9.17) is 5.10 Å². The summed E-state index contributed by atoms with van der Waals surface area (Å²) in [5, 5.41) is 7.02. The molecule has 2 aliphatic rings. The summed E-state index contributed by atoms with van der Waals surface area (Å²) in [5.74, 6) is 0.971. The predicted molar refractivity (Wildman–Crippen MR) is 97.5 cm³/mol. The SMILES string of the molecule is CC1N(C2=C=C=CCC2)N=C(c2ccccc2)N1c1ccccc1. The van der Waals surface area contributed by atoms with Gasteiger partial charge in [0.25, 0.3) is 0 Å². The van der Waals surface area contributed by atoms with E-state index in [0.29, 0.717) is 0 Å². The summed E-state index contributed by atoms with van der Waals surface area (Å²) >= 11 is 0. The number of anilines is 1. The van der Waals surface area contributed by atoms with E-state index in [9.17, 15) is 0 Å². The maximum Gasteiger partial charge on any atom is 0.162 e. The molecule has 1 aliphatic carbocycles. The summed E-state index contributed by atoms with van der Waals surface area (Å²) in [6.07, 6.45) is 4.07. The smallest absolute Gasteiger partial charge is 0.162 e. The van der Waals surface area contributed by atoms with Crippen molar-refractivity contribution in [2.45, 2.75) is 25.9 Å². The third-order valence-corrected chi connectivity index (χ3v) is 4.35. The number of benzene rings is 2. The molecule has 0 saturated carbocycles. The van der Waals surface area contributed by atoms with Crippen LogP contribution in [0, 0.1) is 0 Å². The van der Waals surface area contributed by atoms with Crippen molar-refractivity contribution in [3.05, 3.63) is 89.5 Å². The molecule has 1 atom stereocenters. The van der Waals surface area contributed by atoms with Gasteiger partial charge < -0.3 is 4.90 Å². The van der Waals surface area contributed by atoms with Gasteiger partial charge in [-0.3, -0.25) is 0 Å². The first kappa shape index (κ1) is 14.6. The number of hydrogen-bond donors (Lipinski definition) is 0. The van der Waals surface area contributed by atoms with Crippen LogP contribution in [0.4, 0.5) is 5.69 Å². The molecule has 1 unspecified atom stereocenters. The van der Waals surface area contributed by atoms with Gasteiger partial charge in [0, 0.05) is 17.7 Å². The molecule has 24 heavy (non-hydrogen) atoms. The van der Waals surface area contributed by atoms with Crippen molar-refractivity contribution in [1.29, 1.82) is 0 Å². The van der Waals surface area contributed by atoms with Gasteiger partial charge in [-0.2, -0.15) is 5.10 Å². The van der Waals surface area contributed by atoms with E-state index in [1.807, 2.05) is 18.2 Å². The van der Waals surface area contributed by atoms with E-state index >= 15 is 0 Å². The first-order valence-electron chi connectivity index (χ1n) is 8.31. The highest BCUT2D eigenvalue weighted by molar-refractivity contribution is 6.11. The van der Waals surface area contributed by atoms with Crippen molar-refractivity contribution in [3.63, 3.8) is 0 Å². The van der Waals surface area contributed by atoms with Crippen LogP contribution in [0.5, 0.6) is 0 Å². The van der Waals surface area contributed by atoms with Crippen molar-refractivity contribution in [2.24, 2.45) is 5.10 Å². The lowest BCUT2D eigenvalue weighted by molar-refractivity contribution is 0.303. The van der Waals surface area contributed by atoms with E-state index in [2.05, 4.69) is 76.8 Å². The average molecular weight is 313 g/mol. The van der Waals surface area contributed by atoms with Crippen molar-refractivity contribution >= 4 is 11.5 Å². The van der Waals surface area contributed by atoms with Crippen LogP contribution in [0.1, 0.15) is 25.3 Å². The summed E-state index contributed by atoms with van der Waals surface area (Å²) in [4.78, 5) is 2.28. The first-order valence-corrected chi connectivity index (χ1v) is 8.31. The fourth-order valence-electron chi connectivity index (χ4n) is 3.17. The molecule has 0 spiro atoms. The minimum absolute atomic E-state index is 0.102. The Morgan fingerprint density at radius 3 is 2.38 bits per heavy atom. The molecule has 2 aromatic carbocycles. The Bertz CT molecular complexity index is 854. The lowest BCUT2D eigenvalue weighted by Gasteiger charge is -2.29. The Morgan fingerprint density at radius 1 is 1.00 bits per heavy atom. The topological polar surface area (TPSA) is 18.8 Å². The summed E-state index contributed by atoms with van der Waals surface area (Å²) < 4.78 is 0. The molecule has 0 radical (unpaired) electrons. The normalized spacial score (nSPS) is 19.5. The molecule has 0 fully saturated rings. The second kappa shape index (κ2) is 6.25. The van der Waals surface area contributed by atoms with Crippen LogP contribution in [0.3, 0.4) is 0 Å². The van der Waals surface area contributed by atoms with Gasteiger partial charge in [-0.25, -0.2) is 5.01 Å². The standard InChI is InChI=1S/C21H19N3/c1-17-23(19-13-7-3-8-14-19)21(18-11-5-2-6-12-18)22-24(17)20-15-9-4-10-16-20/h2-8,11-14,17H,9,15H2,1H3. The monoisotopic (exact) mass is 313 g/mol. The van der Waals surface area contributed by atoms with Gasteiger partial charge in [0.05, 0.1) is 5.70 Å². The van der Waals surface area contributed by atoms with E-state index in [1.54, 1.807) is 0 Å². The second-order valence-corrected chi connectivity index (χ2v) is 5.93. The maximum atomic E-state index is 4.94. The lowest BCUT2D eigenvalue weighted by Crippen LogP contribution is -2.40. The Kier molecular flexibility index (Phi) is 3.80. The Labute approximate surface area is 142 Å². The first-order chi connectivity index (χ1) is 11.8. The highest BCUT2D eigenvalue weighted by Crippen LogP contribution is 2.31. The molecule has 1 heterocycles. The molecular weight excluding hydrogens is 294 g/mol. The molecule has 118 valence electrons. The van der Waals surface area contributed by atoms with Crippen LogP contribution in [0.2, 0.25) is 0 Å². The van der Waals surface area contributed by atoms with Crippen molar-refractivity contribution in [3.8, 4) is 0 Å². The molecule has 2 aromatic rings. The zero-order valence-corrected chi connectivity index (χ0v) is 13.7. The van der Waals surface area contributed by atoms with Crippen LogP contribution in [-0.4, -0.2) is 17.0 Å². The van der Waals surface area contributed by atoms with Gasteiger partial charge >= 0.3 is 0 Å². The number of rotatable bonds is 3. The molecule has 0 aromatic heterocycles. The molecule has 0 N–H and O–H groups in total. The molecule has 3 nitrogen and oxygen atoms in total. The predicted octanol–water partition coefficient (Wildman–Crippen LogP) is 4.50. The fourth-order valence-corrected chi connectivity index (χ4v) is 3.17. The number of hydrogen-bond acceptors (Lipinski definition) is 3. The highest BCUT2D eigenvalue weighted by atomic mass is 15.6. The summed E-state index contributed by atoms with van der Waals surface area (Å²) in [6, 6.07) is 20.8. The van der Waals surface area contributed by atoms with Gasteiger partial charge in [0.2, 0.25) is 0 Å². The minimum Gasteiger partial charge on any atom is -0.302 e. The fraction of sp³-hybridized carbons (Fsp3) is 0.190. The van der Waals surface area contributed by atoms with Gasteiger partial charge in [-0.05, 0) is 37.3 Å². The van der Waals surface area contributed by atoms with Gasteiger partial charge in [-0.15, -0.1) is 0 Å². The highest BCUT2D eigenvalue weighted by Gasteiger charge is 2.34. The Hall–Kier alpha value is -2.99. The lowest BCUT2D eigenvalue weighted by atomic mass is 10.1. The summed E-state index contributed by atoms with van der Waals surface area (Å²) in [7, 11) is 0. The number of allylic oxidation sites excluding steroid dienone is 2. The van der Waals surface area contributed by atoms with Crippen molar-refractivity contribution in [1.82, 2.24) is 5.01 Å². The molecular formula is C21H19N3. The zero-order chi connectivity index (χ0) is 16.4. The Morgan fingerprint density at radius 2 is 1.71 bits per heavy atom. The summed E-state index contributed by atoms with van der Waals surface area (Å²) in [5.41, 5.74) is 9.69. The molecule has 4 rings (SSSR count). The summed E-state index contributed by atoms with van der Waals surface area (Å²) in [6.45, 7) is 2.18. The Balaban J connectivity index is 1.82. The number of hydrazone groups is 1. The second-order valence-electron chi connectivity index (χ2n) is 5.93. The minimum atomic E-state index is 0.102. The van der Waals surface area contributed by atoms with Crippen LogP contribution in [0.25, 0.3) is 0 Å². The largest absolute Gasteiger partial charge is 0.302 e. The van der Waals surface area contributed by atoms with Crippen LogP contribution in [-0.2, 0) is 0 Å². The van der Waals surface area contributed by atoms with Crippen molar-refractivity contribution < 1.29 is 0 Å². The van der Waals surface area contributed by atoms with E-state index < -0.39 is 0 Å². The van der Waals surface area contributed by atoms with E-state index in [-0.39, 0.29) is 6.17 Å². The van der Waals surface area contributed by atoms with Crippen LogP contribution in [0.15, 0.2) is 89.0 Å². The van der Waals surface area contributed by atoms with Gasteiger partial charge in [-0.1, -0.05) is 54.3 Å². The third kappa shape index (κ3) is 2.57. The average Bonchev–Trinajstić information content (AvgIpc) is 3.01. The quantitative estimate of drug-likeness (QED) is 0.777. The zero-order valence-electron chi connectivity index (χ0n) is 13.7. The number of amidine groups is 1. The van der Waals surface area contributed by atoms with Crippen molar-refractivity contribution in [2.75, 3.05) is 4.90 Å². The molecule has 1 aliphatic heterocycles. The van der Waals surface area contributed by atoms with Crippen LogP contribution < -0.4 is 4.90 Å². The van der Waals surface area contributed by atoms with Crippen LogP contribution >= 0.6 is 0 Å². The maximum absolute atomic E-state index is 4.94. The van der Waals surface area contributed by atoms with E-state index in [1.165, 1.54) is 0 Å². The molecule has 3 heteroatoms. The van der Waals surface area contributed by atoms with E-state index in [0.717, 1.165) is 35.6 Å². The van der Waals surface area contributed by atoms with Gasteiger partial charge in [0.1, 0.15) is 6.17 Å². The molecule has 0 saturated heterocycles. The number of nitrogens with zero attached hydrogens (tertiary/aromatic N) is 3. The van der Waals surface area contributed by atoms with Gasteiger partial charge in [0.15, 0.2) is 5.84 Å². The number of para-hydroxylation sites is 1. The molecule has 0 bridgehead atoms. The third-order valence-electron chi connectivity index (χ3n) is 4.35.